The molecule has 0 bridgehead atoms. The van der Waals surface area contributed by atoms with E-state index in [1.807, 2.05) is 6.07 Å². The van der Waals surface area contributed by atoms with Gasteiger partial charge in [-0.2, -0.15) is 0 Å². The molecule has 1 nitrogen and oxygen atoms in total. The summed E-state index contributed by atoms with van der Waals surface area (Å²) in [5, 5.41) is 1.99. The lowest BCUT2D eigenvalue weighted by Gasteiger charge is -2.10. The van der Waals surface area contributed by atoms with E-state index >= 15 is 0 Å². The zero-order chi connectivity index (χ0) is 11.1. The molecule has 0 spiro atoms. The van der Waals surface area contributed by atoms with Crippen LogP contribution in [0.1, 0.15) is 42.2 Å². The van der Waals surface area contributed by atoms with E-state index < -0.39 is 0 Å². The van der Waals surface area contributed by atoms with E-state index in [-0.39, 0.29) is 0 Å². The topological polar surface area (TPSA) is 12.9 Å². The van der Waals surface area contributed by atoms with Crippen LogP contribution in [0.25, 0.3) is 10.2 Å². The first-order valence-electron chi connectivity index (χ1n) is 5.80. The Balaban J connectivity index is 2.20. The maximum absolute atomic E-state index is 6.19. The summed E-state index contributed by atoms with van der Waals surface area (Å²) in [6.07, 6.45) is 5.29. The summed E-state index contributed by atoms with van der Waals surface area (Å²) in [5.74, 6) is 0.683. The van der Waals surface area contributed by atoms with Crippen molar-refractivity contribution in [1.29, 1.82) is 0 Å². The Bertz CT molecular complexity index is 526. The van der Waals surface area contributed by atoms with Crippen molar-refractivity contribution in [2.75, 3.05) is 0 Å². The van der Waals surface area contributed by atoms with Gasteiger partial charge in [0.15, 0.2) is 0 Å². The maximum atomic E-state index is 6.19. The fraction of sp³-hybridized carbons (Fsp3) is 0.462. The lowest BCUT2D eigenvalue weighted by molar-refractivity contribution is 0.728. The van der Waals surface area contributed by atoms with Crippen molar-refractivity contribution in [3.8, 4) is 0 Å². The molecule has 1 saturated carbocycles. The van der Waals surface area contributed by atoms with Gasteiger partial charge in [-0.15, -0.1) is 11.3 Å². The third-order valence-corrected chi connectivity index (χ3v) is 4.53. The molecule has 0 amide bonds. The number of halogens is 1. The molecule has 3 heteroatoms. The van der Waals surface area contributed by atoms with Gasteiger partial charge in [-0.1, -0.05) is 24.4 Å². The van der Waals surface area contributed by atoms with Crippen LogP contribution in [-0.4, -0.2) is 4.98 Å². The van der Waals surface area contributed by atoms with Gasteiger partial charge in [0.05, 0.1) is 15.2 Å². The predicted molar refractivity (Wildman–Crippen MR) is 70.6 cm³/mol. The Morgan fingerprint density at radius 3 is 2.81 bits per heavy atom. The molecule has 0 aliphatic heterocycles. The summed E-state index contributed by atoms with van der Waals surface area (Å²) in [6, 6.07) is 4.17. The van der Waals surface area contributed by atoms with Crippen molar-refractivity contribution in [3.63, 3.8) is 0 Å². The minimum absolute atomic E-state index is 0.683. The van der Waals surface area contributed by atoms with Gasteiger partial charge in [0.1, 0.15) is 0 Å². The molecule has 0 atom stereocenters. The molecule has 1 fully saturated rings. The number of hydrogen-bond acceptors (Lipinski definition) is 2. The SMILES string of the molecule is Cc1nc2c(C3CCCC3)cc(Cl)cc2s1. The fourth-order valence-electron chi connectivity index (χ4n) is 2.68. The standard InChI is InChI=1S/C13H14ClNS/c1-8-15-13-11(9-4-2-3-5-9)6-10(14)7-12(13)16-8/h6-7,9H,2-5H2,1H3. The van der Waals surface area contributed by atoms with Gasteiger partial charge in [-0.25, -0.2) is 4.98 Å². The summed E-state index contributed by atoms with van der Waals surface area (Å²) in [6.45, 7) is 2.07. The molecule has 0 saturated heterocycles. The zero-order valence-electron chi connectivity index (χ0n) is 9.29. The van der Waals surface area contributed by atoms with Gasteiger partial charge < -0.3 is 0 Å². The van der Waals surface area contributed by atoms with Crippen LogP contribution in [0.15, 0.2) is 12.1 Å². The highest BCUT2D eigenvalue weighted by molar-refractivity contribution is 7.18. The molecule has 1 aliphatic carbocycles. The van der Waals surface area contributed by atoms with Crippen molar-refractivity contribution >= 4 is 33.2 Å². The summed E-state index contributed by atoms with van der Waals surface area (Å²) < 4.78 is 1.24. The van der Waals surface area contributed by atoms with Gasteiger partial charge in [-0.05, 0) is 43.4 Å². The number of thiazole rings is 1. The Labute approximate surface area is 104 Å². The van der Waals surface area contributed by atoms with Crippen molar-refractivity contribution < 1.29 is 0 Å². The van der Waals surface area contributed by atoms with E-state index in [0.29, 0.717) is 5.92 Å². The Morgan fingerprint density at radius 1 is 1.31 bits per heavy atom. The monoisotopic (exact) mass is 251 g/mol. The highest BCUT2D eigenvalue weighted by atomic mass is 35.5. The molecule has 1 heterocycles. The van der Waals surface area contributed by atoms with Crippen molar-refractivity contribution in [1.82, 2.24) is 4.98 Å². The van der Waals surface area contributed by atoms with Crippen LogP contribution in [0.2, 0.25) is 5.02 Å². The summed E-state index contributed by atoms with van der Waals surface area (Å²) >= 11 is 7.93. The van der Waals surface area contributed by atoms with Crippen molar-refractivity contribution in [2.24, 2.45) is 0 Å². The van der Waals surface area contributed by atoms with Crippen LogP contribution in [0, 0.1) is 6.92 Å². The van der Waals surface area contributed by atoms with E-state index in [2.05, 4.69) is 18.0 Å². The Hall–Kier alpha value is -0.600. The molecular formula is C13H14ClNS. The van der Waals surface area contributed by atoms with Crippen LogP contribution >= 0.6 is 22.9 Å². The molecule has 1 aromatic heterocycles. The van der Waals surface area contributed by atoms with Gasteiger partial charge in [0.2, 0.25) is 0 Å². The second-order valence-corrected chi connectivity index (χ2v) is 6.23. The van der Waals surface area contributed by atoms with Crippen LogP contribution in [0.5, 0.6) is 0 Å². The van der Waals surface area contributed by atoms with Crippen LogP contribution in [0.4, 0.5) is 0 Å². The lowest BCUT2D eigenvalue weighted by Crippen LogP contribution is -1.93. The summed E-state index contributed by atoms with van der Waals surface area (Å²) in [5.41, 5.74) is 2.57. The first-order chi connectivity index (χ1) is 7.74. The lowest BCUT2D eigenvalue weighted by atomic mass is 9.97. The third-order valence-electron chi connectivity index (χ3n) is 3.39. The second-order valence-electron chi connectivity index (χ2n) is 4.56. The highest BCUT2D eigenvalue weighted by Crippen LogP contribution is 2.40. The second kappa shape index (κ2) is 4.01. The number of benzene rings is 1. The molecule has 1 aliphatic rings. The summed E-state index contributed by atoms with van der Waals surface area (Å²) in [7, 11) is 0. The van der Waals surface area contributed by atoms with Crippen LogP contribution in [0.3, 0.4) is 0 Å². The van der Waals surface area contributed by atoms with Crippen LogP contribution < -0.4 is 0 Å². The normalized spacial score (nSPS) is 17.4. The largest absolute Gasteiger partial charge is 0.241 e. The minimum atomic E-state index is 0.683. The highest BCUT2D eigenvalue weighted by Gasteiger charge is 2.21. The van der Waals surface area contributed by atoms with E-state index in [0.717, 1.165) is 10.0 Å². The first-order valence-corrected chi connectivity index (χ1v) is 7.00. The van der Waals surface area contributed by atoms with E-state index in [1.165, 1.54) is 41.5 Å². The molecular weight excluding hydrogens is 238 g/mol. The van der Waals surface area contributed by atoms with Gasteiger partial charge >= 0.3 is 0 Å². The van der Waals surface area contributed by atoms with Crippen molar-refractivity contribution in [3.05, 3.63) is 27.7 Å². The number of aryl methyl sites for hydroxylation is 1. The number of rotatable bonds is 1. The maximum Gasteiger partial charge on any atom is 0.0907 e. The minimum Gasteiger partial charge on any atom is -0.241 e. The smallest absolute Gasteiger partial charge is 0.0907 e. The van der Waals surface area contributed by atoms with E-state index in [9.17, 15) is 0 Å². The molecule has 2 aromatic rings. The molecule has 0 unspecified atom stereocenters. The number of nitrogens with zero attached hydrogens (tertiary/aromatic N) is 1. The molecule has 1 aromatic carbocycles. The molecule has 16 heavy (non-hydrogen) atoms. The van der Waals surface area contributed by atoms with E-state index in [4.69, 9.17) is 11.6 Å². The number of hydrogen-bond donors (Lipinski definition) is 0. The molecule has 0 N–H and O–H groups in total. The Kier molecular flexibility index (Phi) is 2.64. The van der Waals surface area contributed by atoms with Crippen molar-refractivity contribution in [2.45, 2.75) is 38.5 Å². The van der Waals surface area contributed by atoms with Gasteiger partial charge in [0.25, 0.3) is 0 Å². The first kappa shape index (κ1) is 10.5. The quantitative estimate of drug-likeness (QED) is 0.701. The molecule has 0 radical (unpaired) electrons. The zero-order valence-corrected chi connectivity index (χ0v) is 10.9. The molecule has 3 rings (SSSR count). The van der Waals surface area contributed by atoms with E-state index in [1.54, 1.807) is 11.3 Å². The summed E-state index contributed by atoms with van der Waals surface area (Å²) in [4.78, 5) is 4.66. The average Bonchev–Trinajstić information content (AvgIpc) is 2.83. The average molecular weight is 252 g/mol. The molecule has 84 valence electrons. The van der Waals surface area contributed by atoms with Gasteiger partial charge in [-0.3, -0.25) is 0 Å². The number of aromatic nitrogens is 1. The van der Waals surface area contributed by atoms with Gasteiger partial charge in [0, 0.05) is 5.02 Å². The number of fused-ring (bicyclic) bond motifs is 1. The third kappa shape index (κ3) is 1.74. The Morgan fingerprint density at radius 2 is 2.06 bits per heavy atom. The van der Waals surface area contributed by atoms with Crippen LogP contribution in [-0.2, 0) is 0 Å². The fourth-order valence-corrected chi connectivity index (χ4v) is 3.87. The predicted octanol–water partition coefficient (Wildman–Crippen LogP) is 4.92.